The summed E-state index contributed by atoms with van der Waals surface area (Å²) in [6.45, 7) is 0.645. The monoisotopic (exact) mass is 249 g/mol. The van der Waals surface area contributed by atoms with Crippen LogP contribution in [0.5, 0.6) is 0 Å². The normalized spacial score (nSPS) is 9.89. The average Bonchev–Trinajstić information content (AvgIpc) is 2.28. The molecule has 0 saturated carbocycles. The van der Waals surface area contributed by atoms with Gasteiger partial charge in [-0.1, -0.05) is 6.07 Å². The molecule has 0 aliphatic carbocycles. The first-order chi connectivity index (χ1) is 8.41. The number of anilines is 1. The van der Waals surface area contributed by atoms with Crippen molar-refractivity contribution in [3.8, 4) is 0 Å². The van der Waals surface area contributed by atoms with Gasteiger partial charge in [0.05, 0.1) is 6.54 Å². The Hall–Kier alpha value is -1.78. The van der Waals surface area contributed by atoms with Crippen molar-refractivity contribution in [1.82, 2.24) is 14.8 Å². The fraction of sp³-hybridized carbons (Fsp3) is 0.538. The molecule has 0 unspecified atom stereocenters. The highest BCUT2D eigenvalue weighted by molar-refractivity contribution is 5.79. The summed E-state index contributed by atoms with van der Waals surface area (Å²) in [5.74, 6) is 1.91. The van der Waals surface area contributed by atoms with E-state index in [1.54, 1.807) is 0 Å². The average molecular weight is 249 g/mol. The van der Waals surface area contributed by atoms with Gasteiger partial charge in [0.15, 0.2) is 5.96 Å². The molecule has 0 spiro atoms. The molecule has 100 valence electrons. The largest absolute Gasteiger partial charge is 0.363 e. The van der Waals surface area contributed by atoms with Crippen LogP contribution >= 0.6 is 0 Å². The number of aromatic nitrogens is 1. The van der Waals surface area contributed by atoms with Crippen LogP contribution < -0.4 is 4.90 Å². The van der Waals surface area contributed by atoms with Crippen LogP contribution in [0.1, 0.15) is 5.56 Å². The molecule has 18 heavy (non-hydrogen) atoms. The molecule has 0 aliphatic rings. The van der Waals surface area contributed by atoms with Gasteiger partial charge < -0.3 is 14.7 Å². The number of aliphatic imine (C=N–C) groups is 1. The van der Waals surface area contributed by atoms with Gasteiger partial charge in [0.25, 0.3) is 0 Å². The molecule has 0 aliphatic heterocycles. The van der Waals surface area contributed by atoms with Crippen molar-refractivity contribution < 1.29 is 0 Å². The van der Waals surface area contributed by atoms with Crippen LogP contribution in [-0.2, 0) is 6.54 Å². The highest BCUT2D eigenvalue weighted by Gasteiger charge is 2.04. The predicted molar refractivity (Wildman–Crippen MR) is 77.1 cm³/mol. The van der Waals surface area contributed by atoms with Crippen molar-refractivity contribution in [3.05, 3.63) is 23.9 Å². The van der Waals surface area contributed by atoms with E-state index in [1.807, 2.05) is 69.2 Å². The zero-order chi connectivity index (χ0) is 13.7. The van der Waals surface area contributed by atoms with Crippen molar-refractivity contribution in [2.75, 3.05) is 47.2 Å². The van der Waals surface area contributed by atoms with Gasteiger partial charge in [-0.05, 0) is 11.6 Å². The Labute approximate surface area is 110 Å². The lowest BCUT2D eigenvalue weighted by Crippen LogP contribution is -2.35. The van der Waals surface area contributed by atoms with Gasteiger partial charge in [-0.25, -0.2) is 9.98 Å². The van der Waals surface area contributed by atoms with Crippen molar-refractivity contribution in [3.63, 3.8) is 0 Å². The van der Waals surface area contributed by atoms with Gasteiger partial charge in [0, 0.05) is 48.5 Å². The van der Waals surface area contributed by atoms with Gasteiger partial charge in [0.1, 0.15) is 5.82 Å². The maximum Gasteiger partial charge on any atom is 0.195 e. The first-order valence-electron chi connectivity index (χ1n) is 5.93. The van der Waals surface area contributed by atoms with E-state index in [-0.39, 0.29) is 0 Å². The minimum atomic E-state index is 0.645. The summed E-state index contributed by atoms with van der Waals surface area (Å²) < 4.78 is 0. The van der Waals surface area contributed by atoms with E-state index in [0.29, 0.717) is 6.54 Å². The molecule has 0 aromatic carbocycles. The third-order valence-corrected chi connectivity index (χ3v) is 2.47. The number of rotatable bonds is 3. The minimum absolute atomic E-state index is 0.645. The first-order valence-corrected chi connectivity index (χ1v) is 5.93. The number of hydrogen-bond acceptors (Lipinski definition) is 3. The molecule has 0 amide bonds. The van der Waals surface area contributed by atoms with Gasteiger partial charge in [0.2, 0.25) is 0 Å². The molecule has 1 heterocycles. The first kappa shape index (κ1) is 14.3. The second-order valence-corrected chi connectivity index (χ2v) is 4.82. The van der Waals surface area contributed by atoms with E-state index < -0.39 is 0 Å². The van der Waals surface area contributed by atoms with Gasteiger partial charge in [-0.15, -0.1) is 0 Å². The maximum atomic E-state index is 4.58. The standard InChI is InChI=1S/C13H23N5/c1-16(2)12-8-7-11(9-14-12)10-15-13(17(3)4)18(5)6/h7-9H,10H2,1-6H3. The maximum absolute atomic E-state index is 4.58. The smallest absolute Gasteiger partial charge is 0.195 e. The van der Waals surface area contributed by atoms with Gasteiger partial charge in [-0.2, -0.15) is 0 Å². The molecule has 1 rings (SSSR count). The predicted octanol–water partition coefficient (Wildman–Crippen LogP) is 1.13. The zero-order valence-electron chi connectivity index (χ0n) is 12.2. The van der Waals surface area contributed by atoms with Crippen LogP contribution in [0, 0.1) is 0 Å². The van der Waals surface area contributed by atoms with E-state index in [0.717, 1.165) is 17.3 Å². The molecule has 0 N–H and O–H groups in total. The van der Waals surface area contributed by atoms with E-state index >= 15 is 0 Å². The molecule has 1 aromatic heterocycles. The van der Waals surface area contributed by atoms with Crippen LogP contribution in [0.2, 0.25) is 0 Å². The molecular weight excluding hydrogens is 226 g/mol. The molecule has 0 saturated heterocycles. The SMILES string of the molecule is CN(C)C(=NCc1ccc(N(C)C)nc1)N(C)C. The zero-order valence-corrected chi connectivity index (χ0v) is 12.2. The summed E-state index contributed by atoms with van der Waals surface area (Å²) in [7, 11) is 11.9. The molecule has 5 nitrogen and oxygen atoms in total. The highest BCUT2D eigenvalue weighted by atomic mass is 15.3. The Morgan fingerprint density at radius 2 is 1.67 bits per heavy atom. The fourth-order valence-electron chi connectivity index (χ4n) is 1.62. The topological polar surface area (TPSA) is 35.0 Å². The lowest BCUT2D eigenvalue weighted by Gasteiger charge is -2.22. The number of nitrogens with zero attached hydrogens (tertiary/aromatic N) is 5. The number of guanidine groups is 1. The summed E-state index contributed by atoms with van der Waals surface area (Å²) in [5, 5.41) is 0. The Morgan fingerprint density at radius 3 is 2.06 bits per heavy atom. The quantitative estimate of drug-likeness (QED) is 0.594. The van der Waals surface area contributed by atoms with Crippen LogP contribution in [0.15, 0.2) is 23.3 Å². The third-order valence-electron chi connectivity index (χ3n) is 2.47. The third kappa shape index (κ3) is 3.91. The molecule has 0 atom stereocenters. The van der Waals surface area contributed by atoms with Crippen LogP contribution in [-0.4, -0.2) is 63.0 Å². The van der Waals surface area contributed by atoms with Crippen molar-refractivity contribution >= 4 is 11.8 Å². The Balaban J connectivity index is 2.75. The van der Waals surface area contributed by atoms with Gasteiger partial charge >= 0.3 is 0 Å². The minimum Gasteiger partial charge on any atom is -0.363 e. The van der Waals surface area contributed by atoms with Crippen molar-refractivity contribution in [2.24, 2.45) is 4.99 Å². The summed E-state index contributed by atoms with van der Waals surface area (Å²) in [5.41, 5.74) is 1.11. The lowest BCUT2D eigenvalue weighted by atomic mass is 10.3. The molecule has 0 fully saturated rings. The Kier molecular flexibility index (Phi) is 4.95. The van der Waals surface area contributed by atoms with Crippen molar-refractivity contribution in [2.45, 2.75) is 6.54 Å². The summed E-state index contributed by atoms with van der Waals surface area (Å²) in [6.07, 6.45) is 1.88. The molecule has 5 heteroatoms. The second kappa shape index (κ2) is 6.23. The van der Waals surface area contributed by atoms with Crippen LogP contribution in [0.25, 0.3) is 0 Å². The number of pyridine rings is 1. The summed E-state index contributed by atoms with van der Waals surface area (Å²) in [4.78, 5) is 14.9. The van der Waals surface area contributed by atoms with Gasteiger partial charge in [-0.3, -0.25) is 0 Å². The summed E-state index contributed by atoms with van der Waals surface area (Å²) in [6, 6.07) is 4.07. The van der Waals surface area contributed by atoms with E-state index in [9.17, 15) is 0 Å². The Morgan fingerprint density at radius 1 is 1.06 bits per heavy atom. The lowest BCUT2D eigenvalue weighted by molar-refractivity contribution is 0.479. The number of hydrogen-bond donors (Lipinski definition) is 0. The second-order valence-electron chi connectivity index (χ2n) is 4.82. The van der Waals surface area contributed by atoms with Crippen molar-refractivity contribution in [1.29, 1.82) is 0 Å². The van der Waals surface area contributed by atoms with Crippen LogP contribution in [0.4, 0.5) is 5.82 Å². The molecular formula is C13H23N5. The van der Waals surface area contributed by atoms with E-state index in [1.165, 1.54) is 0 Å². The van der Waals surface area contributed by atoms with Crippen LogP contribution in [0.3, 0.4) is 0 Å². The highest BCUT2D eigenvalue weighted by Crippen LogP contribution is 2.08. The molecule has 0 bridgehead atoms. The van der Waals surface area contributed by atoms with E-state index in [4.69, 9.17) is 0 Å². The Bertz CT molecular complexity index is 382. The molecule has 1 aromatic rings. The fourth-order valence-corrected chi connectivity index (χ4v) is 1.62. The summed E-state index contributed by atoms with van der Waals surface area (Å²) >= 11 is 0. The molecule has 0 radical (unpaired) electrons. The van der Waals surface area contributed by atoms with E-state index in [2.05, 4.69) is 16.0 Å².